The van der Waals surface area contributed by atoms with E-state index in [1.165, 1.54) is 0 Å². The maximum Gasteiger partial charge on any atom is 0.310 e. The highest BCUT2D eigenvalue weighted by atomic mass is 79.9. The van der Waals surface area contributed by atoms with Crippen molar-refractivity contribution >= 4 is 21.9 Å². The fourth-order valence-electron chi connectivity index (χ4n) is 2.05. The lowest BCUT2D eigenvalue weighted by Crippen LogP contribution is -2.29. The molecule has 0 spiro atoms. The zero-order chi connectivity index (χ0) is 12.3. The van der Waals surface area contributed by atoms with Crippen molar-refractivity contribution in [2.45, 2.75) is 26.0 Å². The molecule has 2 unspecified atom stereocenters. The molecule has 1 aliphatic rings. The number of rotatable bonds is 3. The normalized spacial score (nSPS) is 23.6. The molecule has 0 radical (unpaired) electrons. The van der Waals surface area contributed by atoms with Crippen LogP contribution in [0.5, 0.6) is 0 Å². The summed E-state index contributed by atoms with van der Waals surface area (Å²) in [4.78, 5) is 11.9. The lowest BCUT2D eigenvalue weighted by molar-refractivity contribution is -0.150. The Morgan fingerprint density at radius 1 is 1.53 bits per heavy atom. The van der Waals surface area contributed by atoms with Crippen molar-refractivity contribution in [1.29, 1.82) is 0 Å². The molecule has 2 atom stereocenters. The molecule has 1 heterocycles. The fraction of sp³-hybridized carbons (Fsp3) is 0.462. The van der Waals surface area contributed by atoms with Crippen molar-refractivity contribution in [1.82, 2.24) is 5.32 Å². The number of hydrogen-bond acceptors (Lipinski definition) is 3. The van der Waals surface area contributed by atoms with E-state index in [9.17, 15) is 4.79 Å². The van der Waals surface area contributed by atoms with Gasteiger partial charge in [-0.2, -0.15) is 0 Å². The number of carbonyl (C=O) groups excluding carboxylic acids is 1. The number of esters is 1. The first-order chi connectivity index (χ1) is 8.18. The van der Waals surface area contributed by atoms with Gasteiger partial charge in [0.05, 0.1) is 5.92 Å². The maximum absolute atomic E-state index is 11.9. The van der Waals surface area contributed by atoms with Crippen LogP contribution in [0.2, 0.25) is 0 Å². The monoisotopic (exact) mass is 297 g/mol. The molecule has 1 aliphatic heterocycles. The first-order valence-electron chi connectivity index (χ1n) is 5.82. The Bertz CT molecular complexity index is 408. The average Bonchev–Trinajstić information content (AvgIpc) is 2.74. The molecule has 1 aromatic rings. The Morgan fingerprint density at radius 2 is 2.29 bits per heavy atom. The molecule has 1 fully saturated rings. The number of benzene rings is 1. The summed E-state index contributed by atoms with van der Waals surface area (Å²) in [6.45, 7) is 3.26. The van der Waals surface area contributed by atoms with Crippen molar-refractivity contribution in [3.05, 3.63) is 34.3 Å². The Labute approximate surface area is 110 Å². The number of nitrogens with one attached hydrogen (secondary N) is 1. The van der Waals surface area contributed by atoms with Crippen LogP contribution in [0, 0.1) is 5.92 Å². The van der Waals surface area contributed by atoms with Gasteiger partial charge in [-0.25, -0.2) is 0 Å². The van der Waals surface area contributed by atoms with E-state index in [0.29, 0.717) is 6.61 Å². The molecular weight excluding hydrogens is 282 g/mol. The van der Waals surface area contributed by atoms with E-state index in [4.69, 9.17) is 4.74 Å². The second-order valence-electron chi connectivity index (χ2n) is 4.34. The quantitative estimate of drug-likeness (QED) is 0.871. The van der Waals surface area contributed by atoms with Crippen LogP contribution in [-0.2, 0) is 16.1 Å². The smallest absolute Gasteiger partial charge is 0.310 e. The third kappa shape index (κ3) is 3.07. The van der Waals surface area contributed by atoms with E-state index in [0.717, 1.165) is 23.0 Å². The lowest BCUT2D eigenvalue weighted by Gasteiger charge is -2.14. The van der Waals surface area contributed by atoms with E-state index in [2.05, 4.69) is 21.2 Å². The summed E-state index contributed by atoms with van der Waals surface area (Å²) < 4.78 is 6.33. The van der Waals surface area contributed by atoms with Gasteiger partial charge >= 0.3 is 5.97 Å². The van der Waals surface area contributed by atoms with E-state index < -0.39 is 0 Å². The molecule has 1 aromatic carbocycles. The molecule has 17 heavy (non-hydrogen) atoms. The van der Waals surface area contributed by atoms with E-state index in [-0.39, 0.29) is 17.9 Å². The SMILES string of the molecule is CC1NCCC1C(=O)OCc1ccccc1Br. The molecule has 0 aromatic heterocycles. The van der Waals surface area contributed by atoms with Gasteiger partial charge in [-0.15, -0.1) is 0 Å². The molecule has 0 saturated carbocycles. The van der Waals surface area contributed by atoms with Crippen LogP contribution in [0.4, 0.5) is 0 Å². The van der Waals surface area contributed by atoms with Crippen LogP contribution in [0.25, 0.3) is 0 Å². The van der Waals surface area contributed by atoms with Crippen LogP contribution < -0.4 is 5.32 Å². The molecule has 0 aliphatic carbocycles. The van der Waals surface area contributed by atoms with Gasteiger partial charge in [0.2, 0.25) is 0 Å². The van der Waals surface area contributed by atoms with Crippen LogP contribution in [0.15, 0.2) is 28.7 Å². The summed E-state index contributed by atoms with van der Waals surface area (Å²) in [7, 11) is 0. The predicted molar refractivity (Wildman–Crippen MR) is 69.5 cm³/mol. The van der Waals surface area contributed by atoms with Gasteiger partial charge in [-0.3, -0.25) is 4.79 Å². The van der Waals surface area contributed by atoms with Crippen molar-refractivity contribution < 1.29 is 9.53 Å². The minimum absolute atomic E-state index is 0.00233. The largest absolute Gasteiger partial charge is 0.461 e. The molecule has 0 bridgehead atoms. The molecule has 0 amide bonds. The molecule has 4 heteroatoms. The highest BCUT2D eigenvalue weighted by Crippen LogP contribution is 2.20. The highest BCUT2D eigenvalue weighted by molar-refractivity contribution is 9.10. The lowest BCUT2D eigenvalue weighted by atomic mass is 10.0. The van der Waals surface area contributed by atoms with Gasteiger partial charge < -0.3 is 10.1 Å². The van der Waals surface area contributed by atoms with Gasteiger partial charge in [0, 0.05) is 16.1 Å². The standard InChI is InChI=1S/C13H16BrNO2/c1-9-11(6-7-15-9)13(16)17-8-10-4-2-3-5-12(10)14/h2-5,9,11,15H,6-8H2,1H3. The second-order valence-corrected chi connectivity index (χ2v) is 5.19. The van der Waals surface area contributed by atoms with Crippen molar-refractivity contribution in [3.63, 3.8) is 0 Å². The van der Waals surface area contributed by atoms with Crippen molar-refractivity contribution in [2.24, 2.45) is 5.92 Å². The van der Waals surface area contributed by atoms with Gasteiger partial charge in [0.1, 0.15) is 6.61 Å². The third-order valence-electron chi connectivity index (χ3n) is 3.16. The number of halogens is 1. The zero-order valence-corrected chi connectivity index (χ0v) is 11.4. The van der Waals surface area contributed by atoms with E-state index in [1.54, 1.807) is 0 Å². The van der Waals surface area contributed by atoms with Gasteiger partial charge in [0.15, 0.2) is 0 Å². The maximum atomic E-state index is 11.9. The third-order valence-corrected chi connectivity index (χ3v) is 3.93. The summed E-state index contributed by atoms with van der Waals surface area (Å²) in [6.07, 6.45) is 0.871. The molecule has 2 rings (SSSR count). The molecule has 1 N–H and O–H groups in total. The number of hydrogen-bond donors (Lipinski definition) is 1. The minimum atomic E-state index is -0.0988. The van der Waals surface area contributed by atoms with Crippen LogP contribution in [0.3, 0.4) is 0 Å². The average molecular weight is 298 g/mol. The molecular formula is C13H16BrNO2. The Morgan fingerprint density at radius 3 is 2.94 bits per heavy atom. The first kappa shape index (κ1) is 12.6. The van der Waals surface area contributed by atoms with E-state index in [1.807, 2.05) is 31.2 Å². The van der Waals surface area contributed by atoms with E-state index >= 15 is 0 Å². The summed E-state index contributed by atoms with van der Waals surface area (Å²) in [5.41, 5.74) is 0.999. The Hall–Kier alpha value is -0.870. The molecule has 3 nitrogen and oxygen atoms in total. The fourth-order valence-corrected chi connectivity index (χ4v) is 2.45. The first-order valence-corrected chi connectivity index (χ1v) is 6.61. The van der Waals surface area contributed by atoms with Crippen molar-refractivity contribution in [2.75, 3.05) is 6.54 Å². The predicted octanol–water partition coefficient (Wildman–Crippen LogP) is 2.49. The molecule has 92 valence electrons. The van der Waals surface area contributed by atoms with Gasteiger partial charge in [0.25, 0.3) is 0 Å². The summed E-state index contributed by atoms with van der Waals surface area (Å²) in [5, 5.41) is 3.25. The van der Waals surface area contributed by atoms with Crippen LogP contribution >= 0.6 is 15.9 Å². The summed E-state index contributed by atoms with van der Waals surface area (Å²) in [6, 6.07) is 8.00. The van der Waals surface area contributed by atoms with Crippen LogP contribution in [0.1, 0.15) is 18.9 Å². The zero-order valence-electron chi connectivity index (χ0n) is 9.78. The minimum Gasteiger partial charge on any atom is -0.461 e. The van der Waals surface area contributed by atoms with Crippen LogP contribution in [-0.4, -0.2) is 18.6 Å². The Kier molecular flexibility index (Phi) is 4.18. The van der Waals surface area contributed by atoms with Crippen molar-refractivity contribution in [3.8, 4) is 0 Å². The Balaban J connectivity index is 1.90. The summed E-state index contributed by atoms with van der Waals surface area (Å²) in [5.74, 6) is -0.101. The molecule has 1 saturated heterocycles. The van der Waals surface area contributed by atoms with Gasteiger partial charge in [-0.1, -0.05) is 34.1 Å². The topological polar surface area (TPSA) is 38.3 Å². The highest BCUT2D eigenvalue weighted by Gasteiger charge is 2.30. The number of ether oxygens (including phenoxy) is 1. The van der Waals surface area contributed by atoms with Gasteiger partial charge in [-0.05, 0) is 26.0 Å². The number of carbonyl (C=O) groups is 1. The summed E-state index contributed by atoms with van der Waals surface area (Å²) >= 11 is 3.44. The second kappa shape index (κ2) is 5.65.